The van der Waals surface area contributed by atoms with Crippen LogP contribution in [0.15, 0.2) is 18.2 Å². The molecule has 1 saturated heterocycles. The summed E-state index contributed by atoms with van der Waals surface area (Å²) in [5.74, 6) is 0.788. The third-order valence-corrected chi connectivity index (χ3v) is 3.60. The fourth-order valence-corrected chi connectivity index (χ4v) is 2.57. The molecule has 1 aliphatic heterocycles. The van der Waals surface area contributed by atoms with E-state index in [9.17, 15) is 5.26 Å². The first-order valence-electron chi connectivity index (χ1n) is 7.23. The number of anilines is 1. The average Bonchev–Trinajstić information content (AvgIpc) is 2.52. The predicted octanol–water partition coefficient (Wildman–Crippen LogP) is 2.96. The van der Waals surface area contributed by atoms with Gasteiger partial charge in [0, 0.05) is 25.8 Å². The van der Waals surface area contributed by atoms with Crippen molar-refractivity contribution in [3.05, 3.63) is 23.8 Å². The van der Waals surface area contributed by atoms with Gasteiger partial charge in [0.25, 0.3) is 0 Å². The van der Waals surface area contributed by atoms with Gasteiger partial charge in [0.05, 0.1) is 24.5 Å². The molecule has 0 amide bonds. The number of piperidine rings is 1. The summed E-state index contributed by atoms with van der Waals surface area (Å²) in [6.45, 7) is 4.74. The van der Waals surface area contributed by atoms with E-state index in [2.05, 4.69) is 17.9 Å². The number of ether oxygens (including phenoxy) is 2. The Hall–Kier alpha value is -1.73. The van der Waals surface area contributed by atoms with Crippen LogP contribution in [0.5, 0.6) is 5.75 Å². The van der Waals surface area contributed by atoms with Crippen LogP contribution < -0.4 is 9.64 Å². The van der Waals surface area contributed by atoms with Crippen LogP contribution in [0.3, 0.4) is 0 Å². The van der Waals surface area contributed by atoms with Gasteiger partial charge in [-0.25, -0.2) is 0 Å². The molecule has 1 aromatic carbocycles. The van der Waals surface area contributed by atoms with Gasteiger partial charge in [0.2, 0.25) is 0 Å². The number of methoxy groups -OCH3 is 1. The molecule has 0 radical (unpaired) electrons. The minimum atomic E-state index is 0.265. The van der Waals surface area contributed by atoms with Crippen molar-refractivity contribution in [1.82, 2.24) is 0 Å². The largest absolute Gasteiger partial charge is 0.497 e. The number of benzene rings is 1. The molecule has 0 spiro atoms. The number of nitrogens with zero attached hydrogens (tertiary/aromatic N) is 2. The quantitative estimate of drug-likeness (QED) is 0.828. The summed E-state index contributed by atoms with van der Waals surface area (Å²) in [4.78, 5) is 2.24. The molecule has 2 rings (SSSR count). The van der Waals surface area contributed by atoms with Crippen LogP contribution >= 0.6 is 0 Å². The average molecular weight is 274 g/mol. The fourth-order valence-electron chi connectivity index (χ4n) is 2.57. The molecular formula is C16H22N2O2. The zero-order valence-electron chi connectivity index (χ0n) is 12.3. The van der Waals surface area contributed by atoms with Crippen molar-refractivity contribution < 1.29 is 9.47 Å². The molecule has 1 heterocycles. The Labute approximate surface area is 120 Å². The van der Waals surface area contributed by atoms with Gasteiger partial charge in [-0.05, 0) is 31.4 Å². The highest BCUT2D eigenvalue weighted by Gasteiger charge is 2.22. The summed E-state index contributed by atoms with van der Waals surface area (Å²) in [6, 6.07) is 7.86. The van der Waals surface area contributed by atoms with Crippen molar-refractivity contribution in [3.63, 3.8) is 0 Å². The van der Waals surface area contributed by atoms with Crippen LogP contribution in [0.1, 0.15) is 31.7 Å². The second-order valence-electron chi connectivity index (χ2n) is 5.08. The van der Waals surface area contributed by atoms with Gasteiger partial charge in [-0.2, -0.15) is 5.26 Å². The number of hydrogen-bond donors (Lipinski definition) is 0. The molecule has 108 valence electrons. The normalized spacial score (nSPS) is 18.6. The Morgan fingerprint density at radius 2 is 2.30 bits per heavy atom. The number of nitriles is 1. The lowest BCUT2D eigenvalue weighted by Gasteiger charge is -2.34. The summed E-state index contributed by atoms with van der Waals surface area (Å²) >= 11 is 0. The zero-order chi connectivity index (χ0) is 14.4. The second kappa shape index (κ2) is 7.16. The Bertz CT molecular complexity index is 482. The summed E-state index contributed by atoms with van der Waals surface area (Å²) in [5, 5.41) is 9.27. The van der Waals surface area contributed by atoms with Gasteiger partial charge < -0.3 is 14.4 Å². The maximum Gasteiger partial charge on any atom is 0.121 e. The monoisotopic (exact) mass is 274 g/mol. The molecule has 0 bridgehead atoms. The van der Waals surface area contributed by atoms with E-state index in [1.54, 1.807) is 7.11 Å². The Morgan fingerprint density at radius 3 is 3.00 bits per heavy atom. The third-order valence-electron chi connectivity index (χ3n) is 3.60. The topological polar surface area (TPSA) is 45.5 Å². The van der Waals surface area contributed by atoms with Crippen LogP contribution in [0.2, 0.25) is 0 Å². The molecule has 1 unspecified atom stereocenters. The van der Waals surface area contributed by atoms with E-state index in [4.69, 9.17) is 9.47 Å². The van der Waals surface area contributed by atoms with Gasteiger partial charge in [0.1, 0.15) is 11.8 Å². The van der Waals surface area contributed by atoms with E-state index in [-0.39, 0.29) is 6.10 Å². The van der Waals surface area contributed by atoms with Gasteiger partial charge >= 0.3 is 0 Å². The van der Waals surface area contributed by atoms with E-state index in [0.29, 0.717) is 5.56 Å². The molecule has 1 atom stereocenters. The van der Waals surface area contributed by atoms with Crippen LogP contribution in [-0.4, -0.2) is 32.9 Å². The highest BCUT2D eigenvalue weighted by molar-refractivity contribution is 5.62. The molecule has 1 fully saturated rings. The minimum Gasteiger partial charge on any atom is -0.497 e. The van der Waals surface area contributed by atoms with Gasteiger partial charge in [-0.3, -0.25) is 0 Å². The van der Waals surface area contributed by atoms with Crippen LogP contribution in [0.25, 0.3) is 0 Å². The van der Waals surface area contributed by atoms with Crippen molar-refractivity contribution in [2.24, 2.45) is 0 Å². The predicted molar refractivity (Wildman–Crippen MR) is 79.2 cm³/mol. The van der Waals surface area contributed by atoms with E-state index in [0.717, 1.165) is 50.4 Å². The standard InChI is InChI=1S/C16H22N2O2/c1-3-9-20-15-5-4-8-18(12-15)16-10-14(19-2)7-6-13(16)11-17/h6-7,10,15H,3-5,8-9,12H2,1-2H3. The van der Waals surface area contributed by atoms with E-state index in [1.165, 1.54) is 0 Å². The second-order valence-corrected chi connectivity index (χ2v) is 5.08. The maximum absolute atomic E-state index is 9.27. The van der Waals surface area contributed by atoms with Crippen LogP contribution in [0, 0.1) is 11.3 Å². The first kappa shape index (κ1) is 14.7. The van der Waals surface area contributed by atoms with E-state index < -0.39 is 0 Å². The molecule has 20 heavy (non-hydrogen) atoms. The third kappa shape index (κ3) is 3.43. The van der Waals surface area contributed by atoms with Crippen molar-refractivity contribution in [2.75, 3.05) is 31.7 Å². The maximum atomic E-state index is 9.27. The number of rotatable bonds is 5. The van der Waals surface area contributed by atoms with E-state index >= 15 is 0 Å². The Balaban J connectivity index is 2.15. The lowest BCUT2D eigenvalue weighted by Crippen LogP contribution is -2.40. The molecule has 0 aliphatic carbocycles. The van der Waals surface area contributed by atoms with Gasteiger partial charge in [-0.1, -0.05) is 6.92 Å². The van der Waals surface area contributed by atoms with Crippen molar-refractivity contribution in [2.45, 2.75) is 32.3 Å². The zero-order valence-corrected chi connectivity index (χ0v) is 12.3. The fraction of sp³-hybridized carbons (Fsp3) is 0.562. The summed E-state index contributed by atoms with van der Waals surface area (Å²) in [5.41, 5.74) is 1.65. The lowest BCUT2D eigenvalue weighted by atomic mass is 10.1. The summed E-state index contributed by atoms with van der Waals surface area (Å²) in [7, 11) is 1.65. The van der Waals surface area contributed by atoms with Gasteiger partial charge in [-0.15, -0.1) is 0 Å². The highest BCUT2D eigenvalue weighted by atomic mass is 16.5. The summed E-state index contributed by atoms with van der Waals surface area (Å²) < 4.78 is 11.1. The van der Waals surface area contributed by atoms with Crippen molar-refractivity contribution in [1.29, 1.82) is 5.26 Å². The van der Waals surface area contributed by atoms with Crippen LogP contribution in [-0.2, 0) is 4.74 Å². The van der Waals surface area contributed by atoms with Gasteiger partial charge in [0.15, 0.2) is 0 Å². The smallest absolute Gasteiger partial charge is 0.121 e. The molecule has 0 saturated carbocycles. The van der Waals surface area contributed by atoms with Crippen molar-refractivity contribution in [3.8, 4) is 11.8 Å². The first-order chi connectivity index (χ1) is 9.78. The summed E-state index contributed by atoms with van der Waals surface area (Å²) in [6.07, 6.45) is 3.50. The first-order valence-corrected chi connectivity index (χ1v) is 7.23. The molecule has 4 nitrogen and oxygen atoms in total. The number of hydrogen-bond acceptors (Lipinski definition) is 4. The van der Waals surface area contributed by atoms with Crippen molar-refractivity contribution >= 4 is 5.69 Å². The Morgan fingerprint density at radius 1 is 1.45 bits per heavy atom. The lowest BCUT2D eigenvalue weighted by molar-refractivity contribution is 0.0440. The highest BCUT2D eigenvalue weighted by Crippen LogP contribution is 2.28. The minimum absolute atomic E-state index is 0.265. The van der Waals surface area contributed by atoms with E-state index in [1.807, 2.05) is 18.2 Å². The van der Waals surface area contributed by atoms with Crippen LogP contribution in [0.4, 0.5) is 5.69 Å². The molecular weight excluding hydrogens is 252 g/mol. The molecule has 4 heteroatoms. The Kier molecular flexibility index (Phi) is 5.25. The molecule has 0 aromatic heterocycles. The molecule has 0 N–H and O–H groups in total. The molecule has 1 aromatic rings. The molecule has 1 aliphatic rings. The SMILES string of the molecule is CCCOC1CCCN(c2cc(OC)ccc2C#N)C1.